The van der Waals surface area contributed by atoms with E-state index < -0.39 is 0 Å². The number of para-hydroxylation sites is 4. The van der Waals surface area contributed by atoms with Crippen LogP contribution in [0.3, 0.4) is 0 Å². The lowest BCUT2D eigenvalue weighted by molar-refractivity contribution is 0.483. The minimum Gasteiger partial charge on any atom is -0.457 e. The van der Waals surface area contributed by atoms with Gasteiger partial charge in [-0.25, -0.2) is 0 Å². The van der Waals surface area contributed by atoms with Crippen LogP contribution in [0.15, 0.2) is 194 Å². The van der Waals surface area contributed by atoms with Crippen molar-refractivity contribution in [3.8, 4) is 39.4 Å². The number of benzene rings is 8. The van der Waals surface area contributed by atoms with Crippen LogP contribution in [-0.2, 0) is 5.41 Å². The van der Waals surface area contributed by atoms with Crippen LogP contribution in [0.2, 0.25) is 0 Å². The van der Waals surface area contributed by atoms with E-state index >= 15 is 0 Å². The molecule has 4 heteroatoms. The zero-order valence-corrected chi connectivity index (χ0v) is 32.4. The third-order valence-corrected chi connectivity index (χ3v) is 11.2. The predicted molar refractivity (Wildman–Crippen MR) is 239 cm³/mol. The molecule has 276 valence electrons. The van der Waals surface area contributed by atoms with E-state index in [1.54, 1.807) is 0 Å². The molecule has 0 unspecified atom stereocenters. The van der Waals surface area contributed by atoms with Crippen LogP contribution in [0.4, 0.5) is 22.7 Å². The van der Waals surface area contributed by atoms with Crippen LogP contribution >= 0.6 is 0 Å². The highest BCUT2D eigenvalue weighted by molar-refractivity contribution is 6.09. The van der Waals surface area contributed by atoms with Gasteiger partial charge in [0.05, 0.1) is 28.1 Å². The van der Waals surface area contributed by atoms with Gasteiger partial charge in [-0.15, -0.1) is 0 Å². The smallest absolute Gasteiger partial charge is 0.129 e. The van der Waals surface area contributed by atoms with Gasteiger partial charge in [0.15, 0.2) is 0 Å². The van der Waals surface area contributed by atoms with Crippen molar-refractivity contribution in [3.05, 3.63) is 200 Å². The Bertz CT molecular complexity index is 2850. The molecule has 0 saturated heterocycles. The van der Waals surface area contributed by atoms with Crippen LogP contribution < -0.4 is 14.5 Å². The number of rotatable bonds is 7. The summed E-state index contributed by atoms with van der Waals surface area (Å²) >= 11 is 0. The van der Waals surface area contributed by atoms with Gasteiger partial charge in [0.25, 0.3) is 0 Å². The van der Waals surface area contributed by atoms with E-state index in [-0.39, 0.29) is 5.41 Å². The summed E-state index contributed by atoms with van der Waals surface area (Å²) < 4.78 is 9.12. The van der Waals surface area contributed by atoms with Crippen LogP contribution in [0.1, 0.15) is 26.3 Å². The van der Waals surface area contributed by atoms with Crippen LogP contribution in [0.5, 0.6) is 11.5 Å². The lowest BCUT2D eigenvalue weighted by Gasteiger charge is -2.27. The lowest BCUT2D eigenvalue weighted by atomic mass is 9.87. The van der Waals surface area contributed by atoms with Crippen molar-refractivity contribution in [1.82, 2.24) is 4.57 Å². The highest BCUT2D eigenvalue weighted by Crippen LogP contribution is 2.50. The molecular weight excluding hydrogens is 695 g/mol. The fourth-order valence-corrected chi connectivity index (χ4v) is 8.42. The molecule has 0 atom stereocenters. The van der Waals surface area contributed by atoms with Crippen LogP contribution in [-0.4, -0.2) is 11.2 Å². The molecule has 2 heterocycles. The highest BCUT2D eigenvalue weighted by Gasteiger charge is 2.31. The molecular formula is C53H43N3O. The molecule has 1 aromatic heterocycles. The van der Waals surface area contributed by atoms with Gasteiger partial charge in [-0.05, 0) is 76.7 Å². The van der Waals surface area contributed by atoms with Crippen molar-refractivity contribution in [2.75, 3.05) is 16.5 Å². The molecule has 0 fully saturated rings. The molecule has 9 aromatic rings. The van der Waals surface area contributed by atoms with Crippen molar-refractivity contribution in [3.63, 3.8) is 0 Å². The standard InChI is InChI=1S/C53H43N3O/c1-53(2,3)39-21-14-23-41(33-39)56-48-28-11-10-25-46(48)47-32-31-43(35-51(47)56)57-42-24-15-22-40(34-42)54-36-55(50-30-13-12-29-49(50)54)52-44(37-17-6-4-7-18-37)26-16-27-45(52)38-19-8-5-9-20-38/h4-35H,36H2,1-3H3. The third-order valence-electron chi connectivity index (χ3n) is 11.2. The van der Waals surface area contributed by atoms with E-state index in [0.29, 0.717) is 6.67 Å². The second-order valence-electron chi connectivity index (χ2n) is 15.9. The van der Waals surface area contributed by atoms with E-state index in [1.807, 2.05) is 6.07 Å². The molecule has 0 amide bonds. The van der Waals surface area contributed by atoms with Gasteiger partial charge in [0, 0.05) is 45.4 Å². The maximum absolute atomic E-state index is 6.75. The summed E-state index contributed by atoms with van der Waals surface area (Å²) in [6.45, 7) is 7.44. The summed E-state index contributed by atoms with van der Waals surface area (Å²) in [4.78, 5) is 4.86. The molecule has 1 aliphatic rings. The first-order valence-corrected chi connectivity index (χ1v) is 19.7. The molecule has 4 nitrogen and oxygen atoms in total. The van der Waals surface area contributed by atoms with Gasteiger partial charge >= 0.3 is 0 Å². The van der Waals surface area contributed by atoms with Gasteiger partial charge in [0.2, 0.25) is 0 Å². The Morgan fingerprint density at radius 3 is 1.74 bits per heavy atom. The molecule has 0 N–H and O–H groups in total. The highest BCUT2D eigenvalue weighted by atomic mass is 16.5. The summed E-state index contributed by atoms with van der Waals surface area (Å²) in [5, 5.41) is 2.43. The van der Waals surface area contributed by atoms with E-state index in [1.165, 1.54) is 49.8 Å². The van der Waals surface area contributed by atoms with Gasteiger partial charge in [-0.2, -0.15) is 0 Å². The summed E-state index contributed by atoms with van der Waals surface area (Å²) in [6, 6.07) is 69.4. The van der Waals surface area contributed by atoms with Crippen LogP contribution in [0.25, 0.3) is 49.7 Å². The van der Waals surface area contributed by atoms with E-state index in [9.17, 15) is 0 Å². The zero-order chi connectivity index (χ0) is 38.5. The largest absolute Gasteiger partial charge is 0.457 e. The second-order valence-corrected chi connectivity index (χ2v) is 15.9. The van der Waals surface area contributed by atoms with Crippen molar-refractivity contribution >= 4 is 44.6 Å². The summed E-state index contributed by atoms with van der Waals surface area (Å²) in [5.74, 6) is 1.58. The molecule has 0 radical (unpaired) electrons. The Labute approximate surface area is 334 Å². The monoisotopic (exact) mass is 737 g/mol. The molecule has 8 aromatic carbocycles. The number of anilines is 4. The van der Waals surface area contributed by atoms with Crippen molar-refractivity contribution in [1.29, 1.82) is 0 Å². The molecule has 57 heavy (non-hydrogen) atoms. The maximum atomic E-state index is 6.75. The number of aromatic nitrogens is 1. The average Bonchev–Trinajstić information content (AvgIpc) is 3.80. The first-order chi connectivity index (χ1) is 27.9. The average molecular weight is 738 g/mol. The van der Waals surface area contributed by atoms with E-state index in [4.69, 9.17) is 4.74 Å². The van der Waals surface area contributed by atoms with Crippen molar-refractivity contribution < 1.29 is 4.74 Å². The van der Waals surface area contributed by atoms with E-state index in [0.717, 1.165) is 39.8 Å². The van der Waals surface area contributed by atoms with Gasteiger partial charge in [0.1, 0.15) is 18.2 Å². The van der Waals surface area contributed by atoms with Crippen molar-refractivity contribution in [2.45, 2.75) is 26.2 Å². The number of ether oxygens (including phenoxy) is 1. The number of fused-ring (bicyclic) bond motifs is 4. The Morgan fingerprint density at radius 1 is 0.439 bits per heavy atom. The molecule has 0 saturated carbocycles. The molecule has 0 spiro atoms. The fraction of sp³-hybridized carbons (Fsp3) is 0.0943. The topological polar surface area (TPSA) is 20.6 Å². The number of hydrogen-bond acceptors (Lipinski definition) is 3. The Kier molecular flexibility index (Phi) is 8.41. The maximum Gasteiger partial charge on any atom is 0.129 e. The fourth-order valence-electron chi connectivity index (χ4n) is 8.42. The van der Waals surface area contributed by atoms with E-state index in [2.05, 4.69) is 223 Å². The molecule has 0 aliphatic carbocycles. The molecule has 1 aliphatic heterocycles. The van der Waals surface area contributed by atoms with Gasteiger partial charge in [-0.1, -0.05) is 148 Å². The SMILES string of the molecule is CC(C)(C)c1cccc(-n2c3ccccc3c3ccc(Oc4cccc(N5CN(c6c(-c7ccccc7)cccc6-c6ccccc6)c6ccccc65)c4)cc32)c1. The normalized spacial score (nSPS) is 12.7. The Morgan fingerprint density at radius 2 is 1.02 bits per heavy atom. The summed E-state index contributed by atoms with van der Waals surface area (Å²) in [6.07, 6.45) is 0. The first-order valence-electron chi connectivity index (χ1n) is 19.7. The molecule has 10 rings (SSSR count). The lowest BCUT2D eigenvalue weighted by Crippen LogP contribution is -2.24. The van der Waals surface area contributed by atoms with Gasteiger partial charge in [-0.3, -0.25) is 0 Å². The minimum atomic E-state index is 0.0381. The first kappa shape index (κ1) is 34.5. The quantitative estimate of drug-likeness (QED) is 0.162. The summed E-state index contributed by atoms with van der Waals surface area (Å²) in [5.41, 5.74) is 14.1. The molecule has 0 bridgehead atoms. The Hall–Kier alpha value is -7.04. The van der Waals surface area contributed by atoms with Crippen molar-refractivity contribution in [2.24, 2.45) is 0 Å². The van der Waals surface area contributed by atoms with Crippen LogP contribution in [0, 0.1) is 0 Å². The zero-order valence-electron chi connectivity index (χ0n) is 32.4. The second kappa shape index (κ2) is 13.9. The number of hydrogen-bond donors (Lipinski definition) is 0. The summed E-state index contributed by atoms with van der Waals surface area (Å²) in [7, 11) is 0. The van der Waals surface area contributed by atoms with Gasteiger partial charge < -0.3 is 19.1 Å². The minimum absolute atomic E-state index is 0.0381. The number of nitrogens with zero attached hydrogens (tertiary/aromatic N) is 3. The predicted octanol–water partition coefficient (Wildman–Crippen LogP) is 14.5. The Balaban J connectivity index is 1.03. The third kappa shape index (κ3) is 6.20.